The molecule has 2 aromatic carbocycles. The van der Waals surface area contributed by atoms with E-state index in [1.807, 2.05) is 48.5 Å². The first kappa shape index (κ1) is 13.3. The molecule has 0 aliphatic rings. The number of nitrogens with one attached hydrogen (secondary N) is 1. The van der Waals surface area contributed by atoms with Crippen molar-refractivity contribution in [2.75, 3.05) is 7.11 Å². The average molecular weight is 280 g/mol. The van der Waals surface area contributed by atoms with Crippen LogP contribution in [0.15, 0.2) is 48.5 Å². The first-order valence-corrected chi connectivity index (χ1v) is 6.67. The fourth-order valence-electron chi connectivity index (χ4n) is 2.14. The van der Waals surface area contributed by atoms with E-state index in [0.29, 0.717) is 18.2 Å². The zero-order valence-corrected chi connectivity index (χ0v) is 11.7. The van der Waals surface area contributed by atoms with E-state index in [0.717, 1.165) is 22.4 Å². The summed E-state index contributed by atoms with van der Waals surface area (Å²) in [6.45, 7) is 0.529. The number of benzene rings is 2. The van der Waals surface area contributed by atoms with Gasteiger partial charge in [0.1, 0.15) is 5.75 Å². The van der Waals surface area contributed by atoms with Crippen LogP contribution in [0.3, 0.4) is 0 Å². The second kappa shape index (κ2) is 5.76. The molecule has 0 aliphatic carbocycles. The Balaban J connectivity index is 1.95. The maximum atomic E-state index is 5.60. The Labute approximate surface area is 122 Å². The van der Waals surface area contributed by atoms with Crippen molar-refractivity contribution in [3.8, 4) is 28.5 Å². The molecule has 3 aromatic rings. The Kier molecular flexibility index (Phi) is 3.66. The Hall–Kier alpha value is -2.66. The van der Waals surface area contributed by atoms with Crippen molar-refractivity contribution in [2.45, 2.75) is 6.54 Å². The van der Waals surface area contributed by atoms with Gasteiger partial charge >= 0.3 is 0 Å². The third-order valence-corrected chi connectivity index (χ3v) is 3.30. The molecule has 21 heavy (non-hydrogen) atoms. The minimum Gasteiger partial charge on any atom is -0.496 e. The molecule has 0 aliphatic heterocycles. The zero-order valence-electron chi connectivity index (χ0n) is 11.7. The van der Waals surface area contributed by atoms with Crippen LogP contribution in [0.1, 0.15) is 5.56 Å². The van der Waals surface area contributed by atoms with Crippen LogP contribution in [0.5, 0.6) is 5.75 Å². The molecule has 0 bridgehead atoms. The van der Waals surface area contributed by atoms with Gasteiger partial charge in [0.2, 0.25) is 0 Å². The lowest BCUT2D eigenvalue weighted by atomic mass is 10.1. The van der Waals surface area contributed by atoms with Crippen molar-refractivity contribution < 1.29 is 4.74 Å². The molecule has 0 fully saturated rings. The first-order valence-electron chi connectivity index (χ1n) is 6.67. The molecular formula is C16H16N4O. The van der Waals surface area contributed by atoms with Gasteiger partial charge in [0, 0.05) is 12.1 Å². The number of ether oxygens (including phenoxy) is 1. The van der Waals surface area contributed by atoms with Crippen molar-refractivity contribution in [3.05, 3.63) is 54.1 Å². The van der Waals surface area contributed by atoms with Gasteiger partial charge in [0.15, 0.2) is 11.6 Å². The lowest BCUT2D eigenvalue weighted by Crippen LogP contribution is -1.95. The fourth-order valence-corrected chi connectivity index (χ4v) is 2.14. The van der Waals surface area contributed by atoms with E-state index in [9.17, 15) is 0 Å². The summed E-state index contributed by atoms with van der Waals surface area (Å²) in [5.41, 5.74) is 8.52. The third-order valence-electron chi connectivity index (χ3n) is 3.30. The highest BCUT2D eigenvalue weighted by molar-refractivity contribution is 5.66. The first-order chi connectivity index (χ1) is 10.3. The van der Waals surface area contributed by atoms with Gasteiger partial charge in [-0.25, -0.2) is 4.98 Å². The van der Waals surface area contributed by atoms with Crippen molar-refractivity contribution in [1.82, 2.24) is 15.2 Å². The Morgan fingerprint density at radius 1 is 1.10 bits per heavy atom. The molecule has 3 rings (SSSR count). The van der Waals surface area contributed by atoms with E-state index in [-0.39, 0.29) is 0 Å². The summed E-state index contributed by atoms with van der Waals surface area (Å²) in [5.74, 6) is 2.10. The van der Waals surface area contributed by atoms with Crippen LogP contribution in [-0.2, 0) is 6.54 Å². The monoisotopic (exact) mass is 280 g/mol. The lowest BCUT2D eigenvalue weighted by Gasteiger charge is -2.04. The second-order valence-corrected chi connectivity index (χ2v) is 4.61. The van der Waals surface area contributed by atoms with Gasteiger partial charge in [-0.15, -0.1) is 0 Å². The van der Waals surface area contributed by atoms with Crippen LogP contribution in [0.25, 0.3) is 22.8 Å². The Morgan fingerprint density at radius 2 is 1.86 bits per heavy atom. The predicted molar refractivity (Wildman–Crippen MR) is 81.7 cm³/mol. The van der Waals surface area contributed by atoms with Crippen molar-refractivity contribution in [1.29, 1.82) is 0 Å². The number of rotatable bonds is 4. The summed E-state index contributed by atoms with van der Waals surface area (Å²) >= 11 is 0. The highest BCUT2D eigenvalue weighted by Crippen LogP contribution is 2.28. The van der Waals surface area contributed by atoms with E-state index in [1.165, 1.54) is 0 Å². The van der Waals surface area contributed by atoms with Crippen molar-refractivity contribution in [2.24, 2.45) is 5.73 Å². The zero-order chi connectivity index (χ0) is 14.7. The second-order valence-electron chi connectivity index (χ2n) is 4.61. The van der Waals surface area contributed by atoms with Crippen LogP contribution in [0.2, 0.25) is 0 Å². The number of H-pyrrole nitrogens is 1. The van der Waals surface area contributed by atoms with E-state index in [4.69, 9.17) is 10.5 Å². The summed E-state index contributed by atoms with van der Waals surface area (Å²) in [5, 5.41) is 7.23. The fraction of sp³-hybridized carbons (Fsp3) is 0.125. The number of hydrogen-bond acceptors (Lipinski definition) is 4. The van der Waals surface area contributed by atoms with E-state index in [1.54, 1.807) is 7.11 Å². The molecule has 0 spiro atoms. The normalized spacial score (nSPS) is 10.6. The van der Waals surface area contributed by atoms with Gasteiger partial charge in [-0.1, -0.05) is 36.4 Å². The molecule has 0 saturated carbocycles. The average Bonchev–Trinajstić information content (AvgIpc) is 3.04. The van der Waals surface area contributed by atoms with Gasteiger partial charge in [-0.3, -0.25) is 5.10 Å². The van der Waals surface area contributed by atoms with E-state index >= 15 is 0 Å². The third kappa shape index (κ3) is 2.64. The summed E-state index contributed by atoms with van der Waals surface area (Å²) < 4.78 is 5.34. The quantitative estimate of drug-likeness (QED) is 0.770. The number of para-hydroxylation sites is 1. The lowest BCUT2D eigenvalue weighted by molar-refractivity contribution is 0.416. The highest BCUT2D eigenvalue weighted by Gasteiger charge is 2.11. The van der Waals surface area contributed by atoms with Gasteiger partial charge in [-0.2, -0.15) is 5.10 Å². The molecule has 0 radical (unpaired) electrons. The molecule has 0 saturated heterocycles. The molecule has 0 unspecified atom stereocenters. The Morgan fingerprint density at radius 3 is 2.57 bits per heavy atom. The van der Waals surface area contributed by atoms with E-state index < -0.39 is 0 Å². The number of nitrogens with two attached hydrogens (primary N) is 1. The van der Waals surface area contributed by atoms with Crippen LogP contribution in [-0.4, -0.2) is 22.3 Å². The predicted octanol–water partition coefficient (Wildman–Crippen LogP) is 2.61. The smallest absolute Gasteiger partial charge is 0.181 e. The van der Waals surface area contributed by atoms with Gasteiger partial charge in [0.05, 0.1) is 12.7 Å². The molecular weight excluding hydrogens is 264 g/mol. The van der Waals surface area contributed by atoms with Crippen LogP contribution in [0.4, 0.5) is 0 Å². The van der Waals surface area contributed by atoms with Gasteiger partial charge in [-0.05, 0) is 17.7 Å². The van der Waals surface area contributed by atoms with Crippen LogP contribution in [0, 0.1) is 0 Å². The van der Waals surface area contributed by atoms with Gasteiger partial charge < -0.3 is 10.5 Å². The number of aromatic amines is 1. The molecule has 3 N–H and O–H groups in total. The summed E-state index contributed by atoms with van der Waals surface area (Å²) in [6, 6.07) is 15.6. The minimum atomic E-state index is 0.529. The molecule has 106 valence electrons. The molecule has 1 heterocycles. The summed E-state index contributed by atoms with van der Waals surface area (Å²) in [4.78, 5) is 4.54. The topological polar surface area (TPSA) is 76.8 Å². The maximum absolute atomic E-state index is 5.60. The van der Waals surface area contributed by atoms with Crippen LogP contribution >= 0.6 is 0 Å². The molecule has 5 nitrogen and oxygen atoms in total. The SMILES string of the molecule is COc1ccccc1-c1nc(-c2ccc(CN)cc2)n[nH]1. The maximum Gasteiger partial charge on any atom is 0.181 e. The molecule has 1 aromatic heterocycles. The van der Waals surface area contributed by atoms with E-state index in [2.05, 4.69) is 15.2 Å². The standard InChI is InChI=1S/C16H16N4O/c1-21-14-5-3-2-4-13(14)16-18-15(19-20-16)12-8-6-11(10-17)7-9-12/h2-9H,10,17H2,1H3,(H,18,19,20). The minimum absolute atomic E-state index is 0.529. The highest BCUT2D eigenvalue weighted by atomic mass is 16.5. The van der Waals surface area contributed by atoms with Crippen molar-refractivity contribution in [3.63, 3.8) is 0 Å². The summed E-state index contributed by atoms with van der Waals surface area (Å²) in [7, 11) is 1.64. The number of aromatic nitrogens is 3. The van der Waals surface area contributed by atoms with Gasteiger partial charge in [0.25, 0.3) is 0 Å². The number of methoxy groups -OCH3 is 1. The number of hydrogen-bond donors (Lipinski definition) is 2. The summed E-state index contributed by atoms with van der Waals surface area (Å²) in [6.07, 6.45) is 0. The van der Waals surface area contributed by atoms with Crippen LogP contribution < -0.4 is 10.5 Å². The number of nitrogens with zero attached hydrogens (tertiary/aromatic N) is 2. The van der Waals surface area contributed by atoms with Crippen molar-refractivity contribution >= 4 is 0 Å². The largest absolute Gasteiger partial charge is 0.496 e. The molecule has 0 amide bonds. The molecule has 0 atom stereocenters. The Bertz CT molecular complexity index is 734. The molecule has 5 heteroatoms.